The summed E-state index contributed by atoms with van der Waals surface area (Å²) in [7, 11) is 0. The topological polar surface area (TPSA) is 92.9 Å². The monoisotopic (exact) mass is 325 g/mol. The fourth-order valence-corrected chi connectivity index (χ4v) is 3.29. The van der Waals surface area contributed by atoms with Gasteiger partial charge in [-0.15, -0.1) is 0 Å². The van der Waals surface area contributed by atoms with Crippen LogP contribution >= 0.6 is 11.8 Å². The molecule has 3 aromatic rings. The highest BCUT2D eigenvalue weighted by atomic mass is 32.2. The summed E-state index contributed by atoms with van der Waals surface area (Å²) in [6, 6.07) is 5.96. The predicted molar refractivity (Wildman–Crippen MR) is 84.2 cm³/mol. The largest absolute Gasteiger partial charge is 0.475 e. The van der Waals surface area contributed by atoms with E-state index in [0.29, 0.717) is 6.54 Å². The zero-order chi connectivity index (χ0) is 15.8. The maximum Gasteiger partial charge on any atom is 0.372 e. The van der Waals surface area contributed by atoms with Crippen molar-refractivity contribution in [3.05, 3.63) is 54.4 Å². The molecule has 0 radical (unpaired) electrons. The minimum Gasteiger partial charge on any atom is -0.475 e. The van der Waals surface area contributed by atoms with E-state index < -0.39 is 5.97 Å². The van der Waals surface area contributed by atoms with Gasteiger partial charge in [-0.2, -0.15) is 0 Å². The van der Waals surface area contributed by atoms with Crippen LogP contribution in [0.15, 0.2) is 52.9 Å². The molecule has 0 unspecified atom stereocenters. The van der Waals surface area contributed by atoms with Crippen LogP contribution in [0.25, 0.3) is 0 Å². The van der Waals surface area contributed by atoms with Crippen LogP contribution in [-0.2, 0) is 6.54 Å². The molecular weight excluding hydrogens is 314 g/mol. The average Bonchev–Trinajstić information content (AvgIpc) is 3.01. The number of carboxylic acid groups (broad SMARTS) is 1. The van der Waals surface area contributed by atoms with Crippen molar-refractivity contribution in [1.29, 1.82) is 0 Å². The van der Waals surface area contributed by atoms with Gasteiger partial charge >= 0.3 is 5.97 Å². The molecule has 8 heteroatoms. The van der Waals surface area contributed by atoms with Gasteiger partial charge in [0.25, 0.3) is 0 Å². The van der Waals surface area contributed by atoms with Gasteiger partial charge in [0, 0.05) is 36.2 Å². The Kier molecular flexibility index (Phi) is 3.23. The third-order valence-electron chi connectivity index (χ3n) is 3.43. The van der Waals surface area contributed by atoms with E-state index in [1.54, 1.807) is 34.9 Å². The van der Waals surface area contributed by atoms with E-state index in [9.17, 15) is 4.79 Å². The lowest BCUT2D eigenvalue weighted by molar-refractivity contribution is 0.0679. The smallest absolute Gasteiger partial charge is 0.372 e. The molecule has 2 aromatic heterocycles. The van der Waals surface area contributed by atoms with E-state index in [-0.39, 0.29) is 5.82 Å². The maximum absolute atomic E-state index is 11.1. The fourth-order valence-electron chi connectivity index (χ4n) is 2.41. The van der Waals surface area contributed by atoms with Gasteiger partial charge in [0.1, 0.15) is 5.03 Å². The van der Waals surface area contributed by atoms with Crippen LogP contribution < -0.4 is 5.32 Å². The number of carboxylic acids is 1. The zero-order valence-corrected chi connectivity index (χ0v) is 12.6. The Hall–Kier alpha value is -2.87. The SMILES string of the molecule is O=C(O)c1nccn1Cc1ccc2c(c1)Nc1nccnc1S2. The minimum absolute atomic E-state index is 0.0290. The van der Waals surface area contributed by atoms with Gasteiger partial charge < -0.3 is 15.0 Å². The number of benzene rings is 1. The summed E-state index contributed by atoms with van der Waals surface area (Å²) in [6.45, 7) is 0.439. The van der Waals surface area contributed by atoms with Gasteiger partial charge in [-0.3, -0.25) is 0 Å². The van der Waals surface area contributed by atoms with Crippen LogP contribution in [0.3, 0.4) is 0 Å². The first-order chi connectivity index (χ1) is 11.2. The van der Waals surface area contributed by atoms with E-state index in [0.717, 1.165) is 27.0 Å². The van der Waals surface area contributed by atoms with E-state index in [1.165, 1.54) is 6.20 Å². The van der Waals surface area contributed by atoms with Gasteiger partial charge in [0.15, 0.2) is 5.82 Å². The first-order valence-corrected chi connectivity index (χ1v) is 7.65. The maximum atomic E-state index is 11.1. The number of fused-ring (bicyclic) bond motifs is 2. The Morgan fingerprint density at radius 3 is 2.96 bits per heavy atom. The summed E-state index contributed by atoms with van der Waals surface area (Å²) in [4.78, 5) is 24.6. The Labute approximate surface area is 135 Å². The second-order valence-electron chi connectivity index (χ2n) is 4.95. The third kappa shape index (κ3) is 2.53. The summed E-state index contributed by atoms with van der Waals surface area (Å²) in [5.41, 5.74) is 1.92. The highest BCUT2D eigenvalue weighted by molar-refractivity contribution is 7.99. The highest BCUT2D eigenvalue weighted by Gasteiger charge is 2.18. The molecule has 0 aliphatic carbocycles. The van der Waals surface area contributed by atoms with Gasteiger partial charge in [0.2, 0.25) is 5.82 Å². The molecule has 0 saturated heterocycles. The molecular formula is C15H11N5O2S. The van der Waals surface area contributed by atoms with Crippen molar-refractivity contribution < 1.29 is 9.90 Å². The number of nitrogens with zero attached hydrogens (tertiary/aromatic N) is 4. The average molecular weight is 325 g/mol. The van der Waals surface area contributed by atoms with Crippen molar-refractivity contribution in [3.63, 3.8) is 0 Å². The predicted octanol–water partition coefficient (Wildman–Crippen LogP) is 2.63. The number of anilines is 2. The van der Waals surface area contributed by atoms with Crippen LogP contribution in [0.1, 0.15) is 16.2 Å². The molecule has 7 nitrogen and oxygen atoms in total. The first kappa shape index (κ1) is 13.8. The van der Waals surface area contributed by atoms with E-state index >= 15 is 0 Å². The molecule has 0 spiro atoms. The number of carbonyl (C=O) groups is 1. The van der Waals surface area contributed by atoms with Gasteiger partial charge in [-0.05, 0) is 17.7 Å². The molecule has 0 amide bonds. The molecule has 114 valence electrons. The Balaban J connectivity index is 1.64. The number of nitrogens with one attached hydrogen (secondary N) is 1. The summed E-state index contributed by atoms with van der Waals surface area (Å²) >= 11 is 1.56. The lowest BCUT2D eigenvalue weighted by Gasteiger charge is -2.19. The van der Waals surface area contributed by atoms with E-state index in [4.69, 9.17) is 5.11 Å². The number of imidazole rings is 1. The fraction of sp³-hybridized carbons (Fsp3) is 0.0667. The van der Waals surface area contributed by atoms with Crippen molar-refractivity contribution in [2.45, 2.75) is 16.5 Å². The first-order valence-electron chi connectivity index (χ1n) is 6.84. The van der Waals surface area contributed by atoms with Crippen molar-refractivity contribution in [3.8, 4) is 0 Å². The minimum atomic E-state index is -1.04. The van der Waals surface area contributed by atoms with Crippen LogP contribution in [0.4, 0.5) is 11.5 Å². The van der Waals surface area contributed by atoms with Crippen molar-refractivity contribution >= 4 is 29.2 Å². The number of aromatic carboxylic acids is 1. The molecule has 1 aromatic carbocycles. The zero-order valence-electron chi connectivity index (χ0n) is 11.8. The lowest BCUT2D eigenvalue weighted by Crippen LogP contribution is -2.10. The Bertz CT molecular complexity index is 908. The quantitative estimate of drug-likeness (QED) is 0.598. The highest BCUT2D eigenvalue weighted by Crippen LogP contribution is 2.42. The second-order valence-corrected chi connectivity index (χ2v) is 5.98. The van der Waals surface area contributed by atoms with Crippen LogP contribution in [-0.4, -0.2) is 30.6 Å². The summed E-state index contributed by atoms with van der Waals surface area (Å²) in [5.74, 6) is -0.275. The molecule has 2 N–H and O–H groups in total. The number of hydrogen-bond donors (Lipinski definition) is 2. The number of hydrogen-bond acceptors (Lipinski definition) is 6. The molecule has 4 rings (SSSR count). The number of rotatable bonds is 3. The molecule has 0 bridgehead atoms. The summed E-state index contributed by atoms with van der Waals surface area (Å²) < 4.78 is 1.60. The second kappa shape index (κ2) is 5.40. The standard InChI is InChI=1S/C15H11N5O2S/c21-15(22)13-17-5-6-20(13)8-9-1-2-11-10(7-9)19-12-14(23-11)18-4-3-16-12/h1-7H,8H2,(H,16,19)(H,21,22). The summed E-state index contributed by atoms with van der Waals surface area (Å²) in [6.07, 6.45) is 6.46. The number of aromatic nitrogens is 4. The van der Waals surface area contributed by atoms with Gasteiger partial charge in [-0.25, -0.2) is 19.7 Å². The van der Waals surface area contributed by atoms with E-state index in [1.807, 2.05) is 18.2 Å². The molecule has 0 fully saturated rings. The van der Waals surface area contributed by atoms with Crippen molar-refractivity contribution in [2.75, 3.05) is 5.32 Å². The normalized spacial score (nSPS) is 12.2. The van der Waals surface area contributed by atoms with Gasteiger partial charge in [0.05, 0.1) is 5.69 Å². The molecule has 0 atom stereocenters. The lowest BCUT2D eigenvalue weighted by atomic mass is 10.2. The van der Waals surface area contributed by atoms with Crippen LogP contribution in [0.2, 0.25) is 0 Å². The summed E-state index contributed by atoms with van der Waals surface area (Å²) in [5, 5.41) is 13.2. The Morgan fingerprint density at radius 1 is 1.22 bits per heavy atom. The van der Waals surface area contributed by atoms with Crippen molar-refractivity contribution in [2.24, 2.45) is 0 Å². The Morgan fingerprint density at radius 2 is 2.09 bits per heavy atom. The van der Waals surface area contributed by atoms with Crippen LogP contribution in [0, 0.1) is 0 Å². The molecule has 3 heterocycles. The molecule has 0 saturated carbocycles. The molecule has 1 aliphatic rings. The van der Waals surface area contributed by atoms with E-state index in [2.05, 4.69) is 20.3 Å². The third-order valence-corrected chi connectivity index (χ3v) is 4.50. The van der Waals surface area contributed by atoms with Crippen molar-refractivity contribution in [1.82, 2.24) is 19.5 Å². The molecule has 1 aliphatic heterocycles. The van der Waals surface area contributed by atoms with Gasteiger partial charge in [-0.1, -0.05) is 17.8 Å². The molecule has 23 heavy (non-hydrogen) atoms. The van der Waals surface area contributed by atoms with Crippen LogP contribution in [0.5, 0.6) is 0 Å².